The number of para-hydroxylation sites is 1. The van der Waals surface area contributed by atoms with Gasteiger partial charge in [-0.05, 0) is 50.1 Å². The number of benzene rings is 2. The Morgan fingerprint density at radius 3 is 2.57 bits per heavy atom. The second-order valence-corrected chi connectivity index (χ2v) is 8.40. The lowest BCUT2D eigenvalue weighted by Crippen LogP contribution is -2.35. The van der Waals surface area contributed by atoms with E-state index < -0.39 is 28.1 Å². The van der Waals surface area contributed by atoms with E-state index in [0.717, 1.165) is 5.56 Å². The molecule has 8 heteroatoms. The van der Waals surface area contributed by atoms with Crippen molar-refractivity contribution in [2.75, 3.05) is 11.4 Å². The van der Waals surface area contributed by atoms with Crippen LogP contribution in [-0.2, 0) is 30.7 Å². The molecule has 2 atom stereocenters. The molecule has 0 fully saturated rings. The molecule has 0 spiro atoms. The van der Waals surface area contributed by atoms with Crippen LogP contribution in [0.25, 0.3) is 0 Å². The first-order valence-electron chi connectivity index (χ1n) is 8.77. The van der Waals surface area contributed by atoms with Crippen LogP contribution in [0.2, 0.25) is 0 Å². The summed E-state index contributed by atoms with van der Waals surface area (Å²) in [5.74, 6) is -1.50. The average Bonchev–Trinajstić information content (AvgIpc) is 3.03. The van der Waals surface area contributed by atoms with Gasteiger partial charge in [-0.25, -0.2) is 18.0 Å². The van der Waals surface area contributed by atoms with Gasteiger partial charge in [0.05, 0.1) is 23.3 Å². The van der Waals surface area contributed by atoms with E-state index in [2.05, 4.69) is 4.74 Å². The molecule has 0 N–H and O–H groups in total. The van der Waals surface area contributed by atoms with Crippen molar-refractivity contribution in [3.63, 3.8) is 0 Å². The molecule has 2 aromatic carbocycles. The van der Waals surface area contributed by atoms with E-state index in [1.54, 1.807) is 12.1 Å². The van der Waals surface area contributed by atoms with E-state index in [1.807, 2.05) is 19.1 Å². The average molecular weight is 403 g/mol. The predicted octanol–water partition coefficient (Wildman–Crippen LogP) is 2.54. The molecular formula is C20H21NO6S. The summed E-state index contributed by atoms with van der Waals surface area (Å²) in [6, 6.07) is 12.7. The van der Waals surface area contributed by atoms with E-state index in [1.165, 1.54) is 42.6 Å². The number of sulfonamides is 1. The molecule has 7 nitrogen and oxygen atoms in total. The third-order valence-corrected chi connectivity index (χ3v) is 6.51. The number of carbonyl (C=O) groups excluding carboxylic acids is 2. The molecule has 2 aromatic rings. The quantitative estimate of drug-likeness (QED) is 0.713. The van der Waals surface area contributed by atoms with Crippen LogP contribution in [0.5, 0.6) is 0 Å². The van der Waals surface area contributed by atoms with E-state index in [0.29, 0.717) is 12.1 Å². The van der Waals surface area contributed by atoms with Gasteiger partial charge in [0, 0.05) is 6.04 Å². The van der Waals surface area contributed by atoms with Crippen molar-refractivity contribution in [1.82, 2.24) is 0 Å². The molecule has 28 heavy (non-hydrogen) atoms. The fraction of sp³-hybridized carbons (Fsp3) is 0.300. The number of anilines is 1. The number of hydrogen-bond acceptors (Lipinski definition) is 6. The van der Waals surface area contributed by atoms with Crippen molar-refractivity contribution in [2.45, 2.75) is 37.3 Å². The van der Waals surface area contributed by atoms with E-state index in [9.17, 15) is 18.0 Å². The van der Waals surface area contributed by atoms with Gasteiger partial charge in [-0.15, -0.1) is 0 Å². The van der Waals surface area contributed by atoms with Crippen LogP contribution in [0.3, 0.4) is 0 Å². The predicted molar refractivity (Wildman–Crippen MR) is 103 cm³/mol. The lowest BCUT2D eigenvalue weighted by Gasteiger charge is -2.24. The SMILES string of the molecule is COC(=O)[C@H](C)OC(=O)c1cccc(S(=O)(=O)N2c3ccccc3C[C@@H]2C)c1. The van der Waals surface area contributed by atoms with Gasteiger partial charge < -0.3 is 9.47 Å². The summed E-state index contributed by atoms with van der Waals surface area (Å²) in [5.41, 5.74) is 1.64. The third kappa shape index (κ3) is 3.60. The Kier molecular flexibility index (Phi) is 5.42. The van der Waals surface area contributed by atoms with Gasteiger partial charge in [-0.1, -0.05) is 24.3 Å². The molecule has 0 unspecified atom stereocenters. The van der Waals surface area contributed by atoms with Crippen LogP contribution < -0.4 is 4.31 Å². The number of rotatable bonds is 5. The Morgan fingerprint density at radius 1 is 1.14 bits per heavy atom. The van der Waals surface area contributed by atoms with E-state index >= 15 is 0 Å². The van der Waals surface area contributed by atoms with E-state index in [-0.39, 0.29) is 16.5 Å². The van der Waals surface area contributed by atoms with Crippen molar-refractivity contribution in [1.29, 1.82) is 0 Å². The minimum atomic E-state index is -3.87. The summed E-state index contributed by atoms with van der Waals surface area (Å²) >= 11 is 0. The summed E-state index contributed by atoms with van der Waals surface area (Å²) < 4.78 is 37.5. The molecule has 1 aliphatic heterocycles. The highest BCUT2D eigenvalue weighted by molar-refractivity contribution is 7.92. The zero-order chi connectivity index (χ0) is 20.5. The van der Waals surface area contributed by atoms with Crippen molar-refractivity contribution in [2.24, 2.45) is 0 Å². The van der Waals surface area contributed by atoms with E-state index in [4.69, 9.17) is 4.74 Å². The summed E-state index contributed by atoms with van der Waals surface area (Å²) in [7, 11) is -2.68. The molecule has 0 radical (unpaired) electrons. The molecule has 0 amide bonds. The number of esters is 2. The third-order valence-electron chi connectivity index (χ3n) is 4.59. The number of nitrogens with zero attached hydrogens (tertiary/aromatic N) is 1. The molecule has 3 rings (SSSR count). The fourth-order valence-corrected chi connectivity index (χ4v) is 4.98. The fourth-order valence-electron chi connectivity index (χ4n) is 3.24. The summed E-state index contributed by atoms with van der Waals surface area (Å²) in [5, 5.41) is 0. The van der Waals surface area contributed by atoms with Crippen molar-refractivity contribution in [3.8, 4) is 0 Å². The maximum atomic E-state index is 13.3. The van der Waals surface area contributed by atoms with Crippen LogP contribution in [0.1, 0.15) is 29.8 Å². The summed E-state index contributed by atoms with van der Waals surface area (Å²) in [6.07, 6.45) is -0.475. The molecule has 148 valence electrons. The van der Waals surface area contributed by atoms with Gasteiger partial charge in [0.25, 0.3) is 10.0 Å². The minimum Gasteiger partial charge on any atom is -0.466 e. The maximum absolute atomic E-state index is 13.3. The molecule has 1 aliphatic rings. The van der Waals surface area contributed by atoms with Gasteiger partial charge in [-0.3, -0.25) is 4.31 Å². The highest BCUT2D eigenvalue weighted by atomic mass is 32.2. The first-order chi connectivity index (χ1) is 13.3. The summed E-state index contributed by atoms with van der Waals surface area (Å²) in [6.45, 7) is 3.22. The van der Waals surface area contributed by atoms with Gasteiger partial charge >= 0.3 is 11.9 Å². The Bertz CT molecular complexity index is 1020. The number of hydrogen-bond donors (Lipinski definition) is 0. The van der Waals surface area contributed by atoms with Crippen LogP contribution in [0, 0.1) is 0 Å². The molecule has 0 saturated carbocycles. The van der Waals surface area contributed by atoms with Crippen LogP contribution in [0.4, 0.5) is 5.69 Å². The topological polar surface area (TPSA) is 90.0 Å². The van der Waals surface area contributed by atoms with Crippen molar-refractivity contribution < 1.29 is 27.5 Å². The second kappa shape index (κ2) is 7.63. The Balaban J connectivity index is 1.91. The number of carbonyl (C=O) groups is 2. The number of fused-ring (bicyclic) bond motifs is 1. The Labute approximate surface area is 163 Å². The first-order valence-corrected chi connectivity index (χ1v) is 10.2. The zero-order valence-electron chi connectivity index (χ0n) is 15.8. The molecular weight excluding hydrogens is 382 g/mol. The maximum Gasteiger partial charge on any atom is 0.346 e. The highest BCUT2D eigenvalue weighted by Gasteiger charge is 2.36. The molecule has 1 heterocycles. The Morgan fingerprint density at radius 2 is 1.86 bits per heavy atom. The van der Waals surface area contributed by atoms with Gasteiger partial charge in [-0.2, -0.15) is 0 Å². The lowest BCUT2D eigenvalue weighted by molar-refractivity contribution is -0.149. The lowest BCUT2D eigenvalue weighted by atomic mass is 10.1. The number of methoxy groups -OCH3 is 1. The second-order valence-electron chi connectivity index (χ2n) is 6.58. The molecule has 0 bridgehead atoms. The van der Waals surface area contributed by atoms with Crippen LogP contribution in [0.15, 0.2) is 53.4 Å². The zero-order valence-corrected chi connectivity index (χ0v) is 16.6. The Hall–Kier alpha value is -2.87. The number of ether oxygens (including phenoxy) is 2. The van der Waals surface area contributed by atoms with Crippen molar-refractivity contribution >= 4 is 27.6 Å². The molecule has 0 aliphatic carbocycles. The largest absolute Gasteiger partial charge is 0.466 e. The normalized spacial score (nSPS) is 17.0. The smallest absolute Gasteiger partial charge is 0.346 e. The van der Waals surface area contributed by atoms with Crippen molar-refractivity contribution in [3.05, 3.63) is 59.7 Å². The standard InChI is InChI=1S/C20H21NO6S/c1-13-11-15-7-4-5-10-18(15)21(13)28(24,25)17-9-6-8-16(12-17)20(23)27-14(2)19(22)26-3/h4-10,12-14H,11H2,1-3H3/t13-,14-/m0/s1. The minimum absolute atomic E-state index is 0.0174. The van der Waals surface area contributed by atoms with Gasteiger partial charge in [0.15, 0.2) is 6.10 Å². The monoisotopic (exact) mass is 403 g/mol. The first kappa shape index (κ1) is 19.9. The molecule has 0 saturated heterocycles. The van der Waals surface area contributed by atoms with Crippen LogP contribution in [-0.4, -0.2) is 39.6 Å². The highest BCUT2D eigenvalue weighted by Crippen LogP contribution is 2.36. The summed E-state index contributed by atoms with van der Waals surface area (Å²) in [4.78, 5) is 23.7. The molecule has 0 aromatic heterocycles. The van der Waals surface area contributed by atoms with Gasteiger partial charge in [0.2, 0.25) is 0 Å². The van der Waals surface area contributed by atoms with Gasteiger partial charge in [0.1, 0.15) is 0 Å². The van der Waals surface area contributed by atoms with Crippen LogP contribution >= 0.6 is 0 Å².